The predicted molar refractivity (Wildman–Crippen MR) is 108 cm³/mol. The van der Waals surface area contributed by atoms with E-state index in [0.717, 1.165) is 11.3 Å². The third kappa shape index (κ3) is 6.21. The Kier molecular flexibility index (Phi) is 8.10. The van der Waals surface area contributed by atoms with Crippen molar-refractivity contribution in [1.29, 1.82) is 0 Å². The molecule has 2 rings (SSSR count). The maximum absolute atomic E-state index is 13.2. The Hall–Kier alpha value is -1.60. The number of rotatable bonds is 10. The van der Waals surface area contributed by atoms with Gasteiger partial charge in [-0.3, -0.25) is 0 Å². The van der Waals surface area contributed by atoms with Crippen molar-refractivity contribution in [2.45, 2.75) is 31.2 Å². The summed E-state index contributed by atoms with van der Waals surface area (Å²) in [5.41, 5.74) is 0.878. The van der Waals surface area contributed by atoms with Gasteiger partial charge in [0.15, 0.2) is 0 Å². The van der Waals surface area contributed by atoms with E-state index in [1.807, 2.05) is 31.2 Å². The fraction of sp³-hybridized carbons (Fsp3) is 0.400. The van der Waals surface area contributed by atoms with Crippen molar-refractivity contribution in [3.63, 3.8) is 0 Å². The highest BCUT2D eigenvalue weighted by atomic mass is 35.5. The highest BCUT2D eigenvalue weighted by Crippen LogP contribution is 2.23. The van der Waals surface area contributed by atoms with Gasteiger partial charge in [0.05, 0.1) is 12.0 Å². The number of methoxy groups -OCH3 is 1. The molecule has 0 aliphatic rings. The van der Waals surface area contributed by atoms with Crippen LogP contribution in [-0.2, 0) is 16.6 Å². The van der Waals surface area contributed by atoms with Crippen molar-refractivity contribution in [3.8, 4) is 5.75 Å². The van der Waals surface area contributed by atoms with Gasteiger partial charge in [0.1, 0.15) is 5.75 Å². The molecule has 0 heterocycles. The molecule has 1 N–H and O–H groups in total. The summed E-state index contributed by atoms with van der Waals surface area (Å²) in [5, 5.41) is 9.59. The van der Waals surface area contributed by atoms with Crippen LogP contribution < -0.4 is 4.74 Å². The highest BCUT2D eigenvalue weighted by Gasteiger charge is 2.25. The number of sulfonamides is 1. The molecule has 0 aliphatic carbocycles. The van der Waals surface area contributed by atoms with Crippen LogP contribution in [0.4, 0.5) is 0 Å². The minimum absolute atomic E-state index is 0.101. The smallest absolute Gasteiger partial charge is 0.243 e. The van der Waals surface area contributed by atoms with Crippen LogP contribution in [-0.4, -0.2) is 38.1 Å². The summed E-state index contributed by atoms with van der Waals surface area (Å²) in [6.45, 7) is 2.75. The monoisotopic (exact) mass is 411 g/mol. The molecule has 0 saturated heterocycles. The van der Waals surface area contributed by atoms with Crippen LogP contribution in [0, 0.1) is 5.92 Å². The second-order valence-corrected chi connectivity index (χ2v) is 8.92. The van der Waals surface area contributed by atoms with Crippen molar-refractivity contribution in [2.24, 2.45) is 5.92 Å². The van der Waals surface area contributed by atoms with E-state index in [0.29, 0.717) is 24.4 Å². The van der Waals surface area contributed by atoms with Crippen molar-refractivity contribution >= 4 is 21.6 Å². The van der Waals surface area contributed by atoms with Gasteiger partial charge in [-0.15, -0.1) is 0 Å². The predicted octanol–water partition coefficient (Wildman–Crippen LogP) is 3.95. The number of nitrogens with zero attached hydrogens (tertiary/aromatic N) is 1. The second-order valence-electron chi connectivity index (χ2n) is 6.55. The summed E-state index contributed by atoms with van der Waals surface area (Å²) in [7, 11) is -2.07. The Labute approximate surface area is 166 Å². The van der Waals surface area contributed by atoms with Crippen molar-refractivity contribution < 1.29 is 18.3 Å². The summed E-state index contributed by atoms with van der Waals surface area (Å²) >= 11 is 5.89. The van der Waals surface area contributed by atoms with Crippen LogP contribution in [0.25, 0.3) is 0 Å². The van der Waals surface area contributed by atoms with Gasteiger partial charge in [-0.05, 0) is 60.7 Å². The molecule has 0 amide bonds. The Morgan fingerprint density at radius 1 is 1.07 bits per heavy atom. The highest BCUT2D eigenvalue weighted by molar-refractivity contribution is 7.89. The number of aliphatic hydroxyl groups excluding tert-OH is 1. The van der Waals surface area contributed by atoms with Gasteiger partial charge in [-0.2, -0.15) is 4.31 Å². The molecule has 0 saturated carbocycles. The number of hydrogen-bond acceptors (Lipinski definition) is 4. The zero-order valence-electron chi connectivity index (χ0n) is 15.6. The summed E-state index contributed by atoms with van der Waals surface area (Å²) in [6.07, 6.45) is 1.32. The first-order valence-electron chi connectivity index (χ1n) is 8.86. The topological polar surface area (TPSA) is 66.8 Å². The third-order valence-corrected chi connectivity index (χ3v) is 6.57. The van der Waals surface area contributed by atoms with E-state index in [1.165, 1.54) is 16.4 Å². The lowest BCUT2D eigenvalue weighted by Crippen LogP contribution is -2.32. The van der Waals surface area contributed by atoms with E-state index < -0.39 is 10.0 Å². The van der Waals surface area contributed by atoms with E-state index in [1.54, 1.807) is 19.2 Å². The number of ether oxygens (including phenoxy) is 1. The molecular formula is C20H26ClNO4S. The third-order valence-electron chi connectivity index (χ3n) is 4.46. The molecule has 2 aromatic rings. The molecule has 0 radical (unpaired) electrons. The lowest BCUT2D eigenvalue weighted by molar-refractivity contribution is 0.251. The Bertz CT molecular complexity index is 807. The molecule has 0 bridgehead atoms. The van der Waals surface area contributed by atoms with Gasteiger partial charge >= 0.3 is 0 Å². The van der Waals surface area contributed by atoms with Crippen molar-refractivity contribution in [3.05, 3.63) is 59.1 Å². The second kappa shape index (κ2) is 10.1. The fourth-order valence-electron chi connectivity index (χ4n) is 2.70. The molecule has 0 aliphatic heterocycles. The van der Waals surface area contributed by atoms with Crippen LogP contribution >= 0.6 is 11.6 Å². The molecule has 27 heavy (non-hydrogen) atoms. The number of hydrogen-bond donors (Lipinski definition) is 1. The minimum atomic E-state index is -3.66. The van der Waals surface area contributed by atoms with Crippen LogP contribution in [0.5, 0.6) is 5.75 Å². The van der Waals surface area contributed by atoms with Gasteiger partial charge in [0.2, 0.25) is 10.0 Å². The van der Waals surface area contributed by atoms with Crippen molar-refractivity contribution in [2.75, 3.05) is 20.3 Å². The zero-order valence-corrected chi connectivity index (χ0v) is 17.2. The van der Waals surface area contributed by atoms with E-state index >= 15 is 0 Å². The number of halogens is 1. The number of aliphatic hydroxyl groups is 1. The molecule has 0 spiro atoms. The largest absolute Gasteiger partial charge is 0.497 e. The Morgan fingerprint density at radius 2 is 1.70 bits per heavy atom. The molecule has 2 aromatic carbocycles. The van der Waals surface area contributed by atoms with Gasteiger partial charge in [0, 0.05) is 24.7 Å². The molecule has 5 nitrogen and oxygen atoms in total. The lowest BCUT2D eigenvalue weighted by Gasteiger charge is -2.24. The quantitative estimate of drug-likeness (QED) is 0.642. The SMILES string of the molecule is COc1ccc(CN(CC[C@@H](C)CCO)S(=O)(=O)c2ccc(Cl)cc2)cc1. The maximum atomic E-state index is 13.2. The first kappa shape index (κ1) is 21.7. The molecule has 1 atom stereocenters. The molecule has 0 unspecified atom stereocenters. The normalized spacial score (nSPS) is 12.9. The first-order valence-corrected chi connectivity index (χ1v) is 10.7. The molecule has 7 heteroatoms. The lowest BCUT2D eigenvalue weighted by atomic mass is 10.0. The maximum Gasteiger partial charge on any atom is 0.243 e. The van der Waals surface area contributed by atoms with Gasteiger partial charge in [0.25, 0.3) is 0 Å². The minimum Gasteiger partial charge on any atom is -0.497 e. The summed E-state index contributed by atoms with van der Waals surface area (Å²) in [5.74, 6) is 0.955. The molecule has 0 aromatic heterocycles. The zero-order chi connectivity index (χ0) is 19.9. The summed E-state index contributed by atoms with van der Waals surface area (Å²) in [6, 6.07) is 13.6. The Morgan fingerprint density at radius 3 is 2.26 bits per heavy atom. The number of benzene rings is 2. The van der Waals surface area contributed by atoms with E-state index in [2.05, 4.69) is 0 Å². The summed E-state index contributed by atoms with van der Waals surface area (Å²) < 4.78 is 32.9. The van der Waals surface area contributed by atoms with Gasteiger partial charge in [-0.1, -0.05) is 30.7 Å². The van der Waals surface area contributed by atoms with Crippen LogP contribution in [0.1, 0.15) is 25.3 Å². The van der Waals surface area contributed by atoms with Crippen molar-refractivity contribution in [1.82, 2.24) is 4.31 Å². The standard InChI is InChI=1S/C20H26ClNO4S/c1-16(12-14-23)11-13-22(15-17-3-7-19(26-2)8-4-17)27(24,25)20-9-5-18(21)6-10-20/h3-10,16,23H,11-15H2,1-2H3/t16-/m1/s1. The summed E-state index contributed by atoms with van der Waals surface area (Å²) in [4.78, 5) is 0.218. The van der Waals surface area contributed by atoms with Crippen LogP contribution in [0.3, 0.4) is 0 Å². The average Bonchev–Trinajstić information content (AvgIpc) is 2.66. The molecular weight excluding hydrogens is 386 g/mol. The fourth-order valence-corrected chi connectivity index (χ4v) is 4.27. The Balaban J connectivity index is 2.25. The van der Waals surface area contributed by atoms with Crippen LogP contribution in [0.15, 0.2) is 53.4 Å². The molecule has 148 valence electrons. The van der Waals surface area contributed by atoms with E-state index in [9.17, 15) is 8.42 Å². The van der Waals surface area contributed by atoms with E-state index in [-0.39, 0.29) is 24.0 Å². The van der Waals surface area contributed by atoms with Gasteiger partial charge in [-0.25, -0.2) is 8.42 Å². The van der Waals surface area contributed by atoms with Gasteiger partial charge < -0.3 is 9.84 Å². The van der Waals surface area contributed by atoms with Crippen LogP contribution in [0.2, 0.25) is 5.02 Å². The first-order chi connectivity index (χ1) is 12.9. The average molecular weight is 412 g/mol. The molecule has 0 fully saturated rings. The van der Waals surface area contributed by atoms with E-state index in [4.69, 9.17) is 21.4 Å².